The van der Waals surface area contributed by atoms with Gasteiger partial charge >= 0.3 is 12.1 Å². The molecule has 2 aromatic rings. The Hall–Kier alpha value is -2.70. The summed E-state index contributed by atoms with van der Waals surface area (Å²) in [4.78, 5) is 11.1. The lowest BCUT2D eigenvalue weighted by atomic mass is 9.98. The summed E-state index contributed by atoms with van der Waals surface area (Å²) in [6, 6.07) is 7.25. The van der Waals surface area contributed by atoms with Crippen molar-refractivity contribution >= 4 is 5.97 Å². The van der Waals surface area contributed by atoms with Crippen molar-refractivity contribution in [2.24, 2.45) is 0 Å². The summed E-state index contributed by atoms with van der Waals surface area (Å²) in [5.41, 5.74) is -1.12. The molecule has 0 aliphatic rings. The molecule has 0 bridgehead atoms. The van der Waals surface area contributed by atoms with Gasteiger partial charge in [0.2, 0.25) is 0 Å². The van der Waals surface area contributed by atoms with Crippen molar-refractivity contribution in [1.29, 1.82) is 0 Å². The van der Waals surface area contributed by atoms with Crippen LogP contribution in [0.15, 0.2) is 36.4 Å². The number of hydrogen-bond donors (Lipinski definition) is 1. The highest BCUT2D eigenvalue weighted by atomic mass is 19.4. The van der Waals surface area contributed by atoms with Gasteiger partial charge in [0.05, 0.1) is 25.3 Å². The van der Waals surface area contributed by atoms with Gasteiger partial charge in [0, 0.05) is 5.56 Å². The van der Waals surface area contributed by atoms with Crippen LogP contribution in [-0.4, -0.2) is 25.3 Å². The number of benzene rings is 2. The van der Waals surface area contributed by atoms with E-state index in [9.17, 15) is 18.0 Å². The van der Waals surface area contributed by atoms with Gasteiger partial charge < -0.3 is 14.6 Å². The second-order valence-corrected chi connectivity index (χ2v) is 4.67. The van der Waals surface area contributed by atoms with Crippen molar-refractivity contribution in [3.05, 3.63) is 47.5 Å². The van der Waals surface area contributed by atoms with Gasteiger partial charge in [0.15, 0.2) is 0 Å². The number of carboxylic acid groups (broad SMARTS) is 1. The van der Waals surface area contributed by atoms with Crippen LogP contribution >= 0.6 is 0 Å². The topological polar surface area (TPSA) is 55.8 Å². The summed E-state index contributed by atoms with van der Waals surface area (Å²) in [5, 5.41) is 9.05. The minimum atomic E-state index is -4.66. The smallest absolute Gasteiger partial charge is 0.416 e. The molecule has 0 radical (unpaired) electrons. The maximum Gasteiger partial charge on any atom is 0.416 e. The predicted octanol–water partition coefficient (Wildman–Crippen LogP) is 4.09. The molecule has 122 valence electrons. The van der Waals surface area contributed by atoms with Gasteiger partial charge in [0.25, 0.3) is 0 Å². The molecule has 0 spiro atoms. The molecule has 0 amide bonds. The van der Waals surface area contributed by atoms with E-state index in [-0.39, 0.29) is 5.56 Å². The molecule has 0 heterocycles. The fraction of sp³-hybridized carbons (Fsp3) is 0.188. The summed E-state index contributed by atoms with van der Waals surface area (Å²) >= 11 is 0. The van der Waals surface area contributed by atoms with Crippen molar-refractivity contribution in [3.8, 4) is 22.6 Å². The first-order valence-electron chi connectivity index (χ1n) is 6.44. The third kappa shape index (κ3) is 3.56. The number of hydrogen-bond acceptors (Lipinski definition) is 3. The number of alkyl halides is 3. The Balaban J connectivity index is 2.72. The molecule has 4 nitrogen and oxygen atoms in total. The third-order valence-electron chi connectivity index (χ3n) is 3.22. The monoisotopic (exact) mass is 326 g/mol. The van der Waals surface area contributed by atoms with Crippen LogP contribution < -0.4 is 9.47 Å². The number of methoxy groups -OCH3 is 2. The van der Waals surface area contributed by atoms with E-state index in [0.29, 0.717) is 23.1 Å². The fourth-order valence-corrected chi connectivity index (χ4v) is 2.11. The lowest BCUT2D eigenvalue weighted by Crippen LogP contribution is -2.08. The molecule has 0 saturated heterocycles. The molecule has 1 N–H and O–H groups in total. The van der Waals surface area contributed by atoms with Crippen molar-refractivity contribution in [1.82, 2.24) is 0 Å². The standard InChI is InChI=1S/C16H13F3O4/c1-22-12-3-4-14(23-2)13(8-12)9-5-10(15(20)21)7-11(6-9)16(17,18)19/h3-8H,1-2H3,(H,20,21). The van der Waals surface area contributed by atoms with E-state index in [1.54, 1.807) is 6.07 Å². The molecule has 0 saturated carbocycles. The summed E-state index contributed by atoms with van der Waals surface area (Å²) in [6.45, 7) is 0. The minimum absolute atomic E-state index is 0.0768. The molecule has 0 aliphatic heterocycles. The van der Waals surface area contributed by atoms with Gasteiger partial charge in [-0.25, -0.2) is 4.79 Å². The number of ether oxygens (including phenoxy) is 2. The number of carbonyl (C=O) groups is 1. The summed E-state index contributed by atoms with van der Waals surface area (Å²) in [7, 11) is 2.79. The molecule has 0 aliphatic carbocycles. The molecular weight excluding hydrogens is 313 g/mol. The van der Waals surface area contributed by atoms with Crippen molar-refractivity contribution < 1.29 is 32.5 Å². The summed E-state index contributed by atoms with van der Waals surface area (Å²) < 4.78 is 49.2. The minimum Gasteiger partial charge on any atom is -0.497 e. The van der Waals surface area contributed by atoms with Crippen LogP contribution in [0.4, 0.5) is 13.2 Å². The number of aromatic carboxylic acids is 1. The van der Waals surface area contributed by atoms with Crippen LogP contribution in [0, 0.1) is 0 Å². The van der Waals surface area contributed by atoms with Crippen molar-refractivity contribution in [3.63, 3.8) is 0 Å². The van der Waals surface area contributed by atoms with Gasteiger partial charge in [-0.05, 0) is 42.0 Å². The molecular formula is C16H13F3O4. The maximum absolute atomic E-state index is 13.0. The summed E-state index contributed by atoms with van der Waals surface area (Å²) in [5.74, 6) is -0.726. The Morgan fingerprint density at radius 1 is 1.04 bits per heavy atom. The normalized spacial score (nSPS) is 11.2. The Kier molecular flexibility index (Phi) is 4.49. The van der Waals surface area contributed by atoms with E-state index in [1.807, 2.05) is 0 Å². The molecule has 2 aromatic carbocycles. The highest BCUT2D eigenvalue weighted by Gasteiger charge is 2.32. The Morgan fingerprint density at radius 3 is 2.26 bits per heavy atom. The molecule has 23 heavy (non-hydrogen) atoms. The first-order chi connectivity index (χ1) is 10.8. The Bertz CT molecular complexity index is 739. The van der Waals surface area contributed by atoms with Crippen LogP contribution in [0.1, 0.15) is 15.9 Å². The highest BCUT2D eigenvalue weighted by molar-refractivity contribution is 5.90. The number of carboxylic acids is 1. The zero-order valence-electron chi connectivity index (χ0n) is 12.3. The Labute approximate surface area is 130 Å². The second kappa shape index (κ2) is 6.20. The van der Waals surface area contributed by atoms with Gasteiger partial charge in [0.1, 0.15) is 11.5 Å². The first kappa shape index (κ1) is 16.7. The quantitative estimate of drug-likeness (QED) is 0.919. The molecule has 2 rings (SSSR count). The zero-order chi connectivity index (χ0) is 17.2. The van der Waals surface area contributed by atoms with E-state index in [4.69, 9.17) is 14.6 Å². The lowest BCUT2D eigenvalue weighted by Gasteiger charge is -2.14. The second-order valence-electron chi connectivity index (χ2n) is 4.67. The van der Waals surface area contributed by atoms with Crippen LogP contribution in [0.3, 0.4) is 0 Å². The van der Waals surface area contributed by atoms with Crippen molar-refractivity contribution in [2.45, 2.75) is 6.18 Å². The lowest BCUT2D eigenvalue weighted by molar-refractivity contribution is -0.137. The molecule has 0 aromatic heterocycles. The van der Waals surface area contributed by atoms with Gasteiger partial charge in [-0.1, -0.05) is 0 Å². The SMILES string of the molecule is COc1ccc(OC)c(-c2cc(C(=O)O)cc(C(F)(F)F)c2)c1. The van der Waals surface area contributed by atoms with Gasteiger partial charge in [-0.2, -0.15) is 13.2 Å². The van der Waals surface area contributed by atoms with E-state index in [2.05, 4.69) is 0 Å². The molecule has 0 fully saturated rings. The van der Waals surface area contributed by atoms with Gasteiger partial charge in [-0.15, -0.1) is 0 Å². The number of halogens is 3. The maximum atomic E-state index is 13.0. The molecule has 7 heteroatoms. The average Bonchev–Trinajstić information content (AvgIpc) is 2.52. The van der Waals surface area contributed by atoms with Gasteiger partial charge in [-0.3, -0.25) is 0 Å². The third-order valence-corrected chi connectivity index (χ3v) is 3.22. The molecule has 0 unspecified atom stereocenters. The van der Waals surface area contributed by atoms with Crippen LogP contribution in [-0.2, 0) is 6.18 Å². The molecule has 0 atom stereocenters. The van der Waals surface area contributed by atoms with E-state index in [0.717, 1.165) is 12.1 Å². The van der Waals surface area contributed by atoms with Crippen LogP contribution in [0.25, 0.3) is 11.1 Å². The largest absolute Gasteiger partial charge is 0.497 e. The zero-order valence-corrected chi connectivity index (χ0v) is 12.3. The van der Waals surface area contributed by atoms with Crippen LogP contribution in [0.2, 0.25) is 0 Å². The van der Waals surface area contributed by atoms with Crippen molar-refractivity contribution in [2.75, 3.05) is 14.2 Å². The fourth-order valence-electron chi connectivity index (χ4n) is 2.11. The van der Waals surface area contributed by atoms with Crippen LogP contribution in [0.5, 0.6) is 11.5 Å². The predicted molar refractivity (Wildman–Crippen MR) is 76.9 cm³/mol. The van der Waals surface area contributed by atoms with E-state index >= 15 is 0 Å². The summed E-state index contributed by atoms with van der Waals surface area (Å²) in [6.07, 6.45) is -4.66. The Morgan fingerprint density at radius 2 is 1.74 bits per heavy atom. The number of rotatable bonds is 4. The van der Waals surface area contributed by atoms with E-state index < -0.39 is 23.3 Å². The average molecular weight is 326 g/mol. The highest BCUT2D eigenvalue weighted by Crippen LogP contribution is 2.38. The van der Waals surface area contributed by atoms with E-state index in [1.165, 1.54) is 26.4 Å². The first-order valence-corrected chi connectivity index (χ1v) is 6.44.